The van der Waals surface area contributed by atoms with Crippen LogP contribution in [0.25, 0.3) is 0 Å². The highest BCUT2D eigenvalue weighted by molar-refractivity contribution is 6.00. The molecule has 0 aliphatic carbocycles. The average Bonchev–Trinajstić information content (AvgIpc) is 2.57. The maximum absolute atomic E-state index is 12.3. The van der Waals surface area contributed by atoms with E-state index in [-0.39, 0.29) is 5.91 Å². The van der Waals surface area contributed by atoms with Crippen LogP contribution >= 0.6 is 0 Å². The Balaban J connectivity index is 1.90. The number of benzene rings is 1. The molecule has 7 nitrogen and oxygen atoms in total. The van der Waals surface area contributed by atoms with E-state index >= 15 is 0 Å². The van der Waals surface area contributed by atoms with Gasteiger partial charge in [0.2, 0.25) is 0 Å². The van der Waals surface area contributed by atoms with Crippen LogP contribution in [0.1, 0.15) is 10.4 Å². The van der Waals surface area contributed by atoms with Gasteiger partial charge in [-0.05, 0) is 18.2 Å². The third kappa shape index (κ3) is 5.70. The zero-order valence-corrected chi connectivity index (χ0v) is 13.6. The SMILES string of the molecule is COCCNC(=O)c1cc(N)ccc1NCCN1CCOCC1. The Morgan fingerprint density at radius 3 is 2.87 bits per heavy atom. The molecule has 7 heteroatoms. The molecule has 23 heavy (non-hydrogen) atoms. The van der Waals surface area contributed by atoms with E-state index in [4.69, 9.17) is 15.2 Å². The van der Waals surface area contributed by atoms with Gasteiger partial charge in [0.1, 0.15) is 0 Å². The minimum atomic E-state index is -0.150. The maximum atomic E-state index is 12.3. The van der Waals surface area contributed by atoms with Crippen LogP contribution in [0, 0.1) is 0 Å². The van der Waals surface area contributed by atoms with E-state index in [1.807, 2.05) is 6.07 Å². The molecule has 1 saturated heterocycles. The van der Waals surface area contributed by atoms with Crippen molar-refractivity contribution in [2.75, 3.05) is 70.7 Å². The van der Waals surface area contributed by atoms with Gasteiger partial charge >= 0.3 is 0 Å². The number of nitrogens with zero attached hydrogens (tertiary/aromatic N) is 1. The Hall–Kier alpha value is -1.83. The Morgan fingerprint density at radius 2 is 2.13 bits per heavy atom. The highest BCUT2D eigenvalue weighted by atomic mass is 16.5. The molecule has 0 bridgehead atoms. The van der Waals surface area contributed by atoms with E-state index in [0.717, 1.165) is 45.1 Å². The third-order valence-electron chi connectivity index (χ3n) is 3.73. The number of anilines is 2. The molecule has 1 amide bonds. The van der Waals surface area contributed by atoms with E-state index in [1.165, 1.54) is 0 Å². The predicted octanol–water partition coefficient (Wildman–Crippen LogP) is 0.389. The molecule has 2 rings (SSSR count). The minimum absolute atomic E-state index is 0.150. The number of amides is 1. The number of ether oxygens (including phenoxy) is 2. The maximum Gasteiger partial charge on any atom is 0.253 e. The Labute approximate surface area is 137 Å². The topological polar surface area (TPSA) is 88.8 Å². The normalized spacial score (nSPS) is 15.3. The van der Waals surface area contributed by atoms with Crippen molar-refractivity contribution in [3.8, 4) is 0 Å². The summed E-state index contributed by atoms with van der Waals surface area (Å²) < 4.78 is 10.3. The highest BCUT2D eigenvalue weighted by Gasteiger charge is 2.13. The van der Waals surface area contributed by atoms with Crippen LogP contribution in [-0.4, -0.2) is 70.5 Å². The summed E-state index contributed by atoms with van der Waals surface area (Å²) in [6, 6.07) is 5.34. The highest BCUT2D eigenvalue weighted by Crippen LogP contribution is 2.18. The van der Waals surface area contributed by atoms with E-state index in [9.17, 15) is 4.79 Å². The van der Waals surface area contributed by atoms with Crippen molar-refractivity contribution in [3.63, 3.8) is 0 Å². The second-order valence-electron chi connectivity index (χ2n) is 5.43. The molecular weight excluding hydrogens is 296 g/mol. The lowest BCUT2D eigenvalue weighted by atomic mass is 10.1. The Morgan fingerprint density at radius 1 is 1.35 bits per heavy atom. The average molecular weight is 322 g/mol. The predicted molar refractivity (Wildman–Crippen MR) is 90.8 cm³/mol. The molecule has 1 heterocycles. The van der Waals surface area contributed by atoms with E-state index in [1.54, 1.807) is 19.2 Å². The molecule has 0 saturated carbocycles. The fraction of sp³-hybridized carbons (Fsp3) is 0.562. The summed E-state index contributed by atoms with van der Waals surface area (Å²) in [5.74, 6) is -0.150. The zero-order valence-electron chi connectivity index (χ0n) is 13.6. The van der Waals surface area contributed by atoms with Gasteiger partial charge in [0.15, 0.2) is 0 Å². The van der Waals surface area contributed by atoms with E-state index in [0.29, 0.717) is 24.4 Å². The van der Waals surface area contributed by atoms with Crippen molar-refractivity contribution >= 4 is 17.3 Å². The Kier molecular flexibility index (Phi) is 7.12. The molecule has 1 aliphatic heterocycles. The van der Waals surface area contributed by atoms with Gasteiger partial charge in [-0.1, -0.05) is 0 Å². The van der Waals surface area contributed by atoms with Gasteiger partial charge in [0, 0.05) is 51.2 Å². The van der Waals surface area contributed by atoms with E-state index < -0.39 is 0 Å². The van der Waals surface area contributed by atoms with Crippen LogP contribution in [0.4, 0.5) is 11.4 Å². The molecule has 1 fully saturated rings. The first-order valence-corrected chi connectivity index (χ1v) is 7.91. The summed E-state index contributed by atoms with van der Waals surface area (Å²) >= 11 is 0. The quantitative estimate of drug-likeness (QED) is 0.474. The van der Waals surface area contributed by atoms with Crippen LogP contribution in [0.2, 0.25) is 0 Å². The molecule has 0 aromatic heterocycles. The number of nitrogens with one attached hydrogen (secondary N) is 2. The fourth-order valence-electron chi connectivity index (χ4n) is 2.44. The standard InChI is InChI=1S/C16H26N4O3/c1-22-9-5-19-16(21)14-12-13(17)2-3-15(14)18-4-6-20-7-10-23-11-8-20/h2-3,12,18H,4-11,17H2,1H3,(H,19,21). The van der Waals surface area contributed by atoms with Crippen molar-refractivity contribution in [1.29, 1.82) is 0 Å². The lowest BCUT2D eigenvalue weighted by molar-refractivity contribution is 0.0398. The molecule has 4 N–H and O–H groups in total. The fourth-order valence-corrected chi connectivity index (χ4v) is 2.44. The first-order valence-electron chi connectivity index (χ1n) is 7.91. The van der Waals surface area contributed by atoms with Crippen molar-refractivity contribution < 1.29 is 14.3 Å². The summed E-state index contributed by atoms with van der Waals surface area (Å²) in [6.45, 7) is 6.11. The van der Waals surface area contributed by atoms with Gasteiger partial charge in [0.05, 0.1) is 25.4 Å². The van der Waals surface area contributed by atoms with Gasteiger partial charge < -0.3 is 25.8 Å². The lowest BCUT2D eigenvalue weighted by Crippen LogP contribution is -2.39. The number of nitrogens with two attached hydrogens (primary N) is 1. The number of rotatable bonds is 8. The molecule has 0 atom stereocenters. The van der Waals surface area contributed by atoms with Crippen LogP contribution in [0.15, 0.2) is 18.2 Å². The Bertz CT molecular complexity index is 504. The number of carbonyl (C=O) groups is 1. The second-order valence-corrected chi connectivity index (χ2v) is 5.43. The third-order valence-corrected chi connectivity index (χ3v) is 3.73. The summed E-state index contributed by atoms with van der Waals surface area (Å²) in [4.78, 5) is 14.6. The van der Waals surface area contributed by atoms with Crippen LogP contribution in [0.5, 0.6) is 0 Å². The number of morpholine rings is 1. The molecule has 0 unspecified atom stereocenters. The molecular formula is C16H26N4O3. The number of hydrogen-bond acceptors (Lipinski definition) is 6. The lowest BCUT2D eigenvalue weighted by Gasteiger charge is -2.26. The molecule has 1 aromatic carbocycles. The van der Waals surface area contributed by atoms with Gasteiger partial charge in [-0.2, -0.15) is 0 Å². The summed E-state index contributed by atoms with van der Waals surface area (Å²) in [5.41, 5.74) is 7.73. The minimum Gasteiger partial charge on any atom is -0.399 e. The molecule has 0 radical (unpaired) electrons. The van der Waals surface area contributed by atoms with Gasteiger partial charge in [-0.3, -0.25) is 9.69 Å². The summed E-state index contributed by atoms with van der Waals surface area (Å²) in [7, 11) is 1.60. The molecule has 128 valence electrons. The second kappa shape index (κ2) is 9.34. The molecule has 1 aromatic rings. The van der Waals surface area contributed by atoms with Gasteiger partial charge in [-0.25, -0.2) is 0 Å². The van der Waals surface area contributed by atoms with Crippen molar-refractivity contribution in [2.45, 2.75) is 0 Å². The van der Waals surface area contributed by atoms with Crippen molar-refractivity contribution in [1.82, 2.24) is 10.2 Å². The van der Waals surface area contributed by atoms with Gasteiger partial charge in [-0.15, -0.1) is 0 Å². The smallest absolute Gasteiger partial charge is 0.253 e. The van der Waals surface area contributed by atoms with Crippen LogP contribution in [0.3, 0.4) is 0 Å². The summed E-state index contributed by atoms with van der Waals surface area (Å²) in [5, 5.41) is 6.15. The first-order chi connectivity index (χ1) is 11.2. The number of hydrogen-bond donors (Lipinski definition) is 3. The number of nitrogen functional groups attached to an aromatic ring is 1. The number of carbonyl (C=O) groups excluding carboxylic acids is 1. The van der Waals surface area contributed by atoms with Gasteiger partial charge in [0.25, 0.3) is 5.91 Å². The zero-order chi connectivity index (χ0) is 16.5. The van der Waals surface area contributed by atoms with Crippen molar-refractivity contribution in [2.24, 2.45) is 0 Å². The van der Waals surface area contributed by atoms with Crippen molar-refractivity contribution in [3.05, 3.63) is 23.8 Å². The van der Waals surface area contributed by atoms with E-state index in [2.05, 4.69) is 15.5 Å². The first kappa shape index (κ1) is 17.5. The monoisotopic (exact) mass is 322 g/mol. The summed E-state index contributed by atoms with van der Waals surface area (Å²) in [6.07, 6.45) is 0. The number of methoxy groups -OCH3 is 1. The molecule has 0 spiro atoms. The van der Waals surface area contributed by atoms with Crippen LogP contribution < -0.4 is 16.4 Å². The largest absolute Gasteiger partial charge is 0.399 e. The molecule has 1 aliphatic rings. The van der Waals surface area contributed by atoms with Crippen LogP contribution in [-0.2, 0) is 9.47 Å².